The van der Waals surface area contributed by atoms with Crippen molar-refractivity contribution in [3.63, 3.8) is 0 Å². The highest BCUT2D eigenvalue weighted by Gasteiger charge is 2.24. The number of nitrogens with zero attached hydrogens (tertiary/aromatic N) is 1. The molecule has 0 aromatic carbocycles. The predicted octanol–water partition coefficient (Wildman–Crippen LogP) is 3.43. The van der Waals surface area contributed by atoms with E-state index in [2.05, 4.69) is 25.8 Å². The molecule has 0 aliphatic heterocycles. The molecule has 2 nitrogen and oxygen atoms in total. The normalized spacial score (nSPS) is 15.5. The standard InChI is InChI=1S/C15H19NO/c1-8(2)13-7-16-15-10(4)9(3)14(17)6-12(15)11(13)5/h7-8H,6H2,1-5H3. The average molecular weight is 229 g/mol. The maximum atomic E-state index is 11.9. The van der Waals surface area contributed by atoms with Crippen molar-refractivity contribution in [2.75, 3.05) is 0 Å². The number of hydrogen-bond donors (Lipinski definition) is 0. The molecule has 1 aliphatic rings. The fourth-order valence-electron chi connectivity index (χ4n) is 2.46. The summed E-state index contributed by atoms with van der Waals surface area (Å²) in [6, 6.07) is 0. The van der Waals surface area contributed by atoms with Crippen LogP contribution in [0.4, 0.5) is 0 Å². The van der Waals surface area contributed by atoms with Gasteiger partial charge in [0.05, 0.1) is 5.69 Å². The lowest BCUT2D eigenvalue weighted by Crippen LogP contribution is -2.17. The van der Waals surface area contributed by atoms with Crippen LogP contribution in [-0.4, -0.2) is 10.8 Å². The van der Waals surface area contributed by atoms with E-state index in [-0.39, 0.29) is 5.78 Å². The van der Waals surface area contributed by atoms with Crippen molar-refractivity contribution in [3.05, 3.63) is 34.2 Å². The van der Waals surface area contributed by atoms with Crippen molar-refractivity contribution in [2.24, 2.45) is 0 Å². The van der Waals surface area contributed by atoms with Gasteiger partial charge in [0.1, 0.15) is 0 Å². The Morgan fingerprint density at radius 2 is 1.82 bits per heavy atom. The topological polar surface area (TPSA) is 30.0 Å². The molecule has 90 valence electrons. The number of Topliss-reactive ketones (excluding diaryl/α,β-unsaturated/α-hetero) is 1. The number of fused-ring (bicyclic) bond motifs is 1. The van der Waals surface area contributed by atoms with E-state index in [1.165, 1.54) is 11.1 Å². The smallest absolute Gasteiger partial charge is 0.163 e. The summed E-state index contributed by atoms with van der Waals surface area (Å²) in [7, 11) is 0. The molecule has 2 rings (SSSR count). The zero-order valence-corrected chi connectivity index (χ0v) is 11.2. The summed E-state index contributed by atoms with van der Waals surface area (Å²) in [4.78, 5) is 16.5. The summed E-state index contributed by atoms with van der Waals surface area (Å²) >= 11 is 0. The van der Waals surface area contributed by atoms with Crippen molar-refractivity contribution >= 4 is 11.4 Å². The summed E-state index contributed by atoms with van der Waals surface area (Å²) in [6.07, 6.45) is 2.48. The van der Waals surface area contributed by atoms with Crippen LogP contribution in [0.3, 0.4) is 0 Å². The fraction of sp³-hybridized carbons (Fsp3) is 0.467. The number of ketones is 1. The highest BCUT2D eigenvalue weighted by molar-refractivity contribution is 6.06. The fourth-order valence-corrected chi connectivity index (χ4v) is 2.46. The van der Waals surface area contributed by atoms with E-state index >= 15 is 0 Å². The van der Waals surface area contributed by atoms with Gasteiger partial charge in [-0.2, -0.15) is 0 Å². The maximum Gasteiger partial charge on any atom is 0.163 e. The molecule has 2 heteroatoms. The number of pyridine rings is 1. The van der Waals surface area contributed by atoms with E-state index in [1.807, 2.05) is 20.0 Å². The number of rotatable bonds is 1. The Bertz CT molecular complexity index is 524. The SMILES string of the molecule is CC1=C(C)c2ncc(C(C)C)c(C)c2CC1=O. The Hall–Kier alpha value is -1.44. The summed E-state index contributed by atoms with van der Waals surface area (Å²) in [5.74, 6) is 0.691. The van der Waals surface area contributed by atoms with Crippen LogP contribution in [0.15, 0.2) is 11.8 Å². The Labute approximate surface area is 103 Å². The molecule has 0 amide bonds. The highest BCUT2D eigenvalue weighted by atomic mass is 16.1. The molecule has 1 aromatic rings. The minimum atomic E-state index is 0.237. The van der Waals surface area contributed by atoms with Crippen LogP contribution in [-0.2, 0) is 11.2 Å². The molecular formula is C15H19NO. The molecule has 0 spiro atoms. The van der Waals surface area contributed by atoms with Crippen LogP contribution in [0.1, 0.15) is 56.0 Å². The zero-order valence-electron chi connectivity index (χ0n) is 11.2. The van der Waals surface area contributed by atoms with Crippen LogP contribution >= 0.6 is 0 Å². The first-order chi connectivity index (χ1) is 7.93. The molecule has 0 saturated carbocycles. The zero-order chi connectivity index (χ0) is 12.7. The quantitative estimate of drug-likeness (QED) is 0.738. The van der Waals surface area contributed by atoms with Crippen molar-refractivity contribution in [3.8, 4) is 0 Å². The number of carbonyl (C=O) groups excluding carboxylic acids is 1. The van der Waals surface area contributed by atoms with Gasteiger partial charge in [-0.15, -0.1) is 0 Å². The molecule has 1 aromatic heterocycles. The molecule has 0 N–H and O–H groups in total. The third-order valence-corrected chi connectivity index (χ3v) is 3.80. The van der Waals surface area contributed by atoms with Gasteiger partial charge >= 0.3 is 0 Å². The lowest BCUT2D eigenvalue weighted by molar-refractivity contribution is -0.115. The van der Waals surface area contributed by atoms with Gasteiger partial charge in [0.15, 0.2) is 5.78 Å². The van der Waals surface area contributed by atoms with Gasteiger partial charge in [-0.3, -0.25) is 9.78 Å². The number of allylic oxidation sites excluding steroid dienone is 2. The molecule has 17 heavy (non-hydrogen) atoms. The summed E-state index contributed by atoms with van der Waals surface area (Å²) in [6.45, 7) is 10.3. The van der Waals surface area contributed by atoms with Gasteiger partial charge in [0.25, 0.3) is 0 Å². The van der Waals surface area contributed by atoms with E-state index in [4.69, 9.17) is 0 Å². The second-order valence-electron chi connectivity index (χ2n) is 5.17. The third-order valence-electron chi connectivity index (χ3n) is 3.80. The van der Waals surface area contributed by atoms with Gasteiger partial charge in [0.2, 0.25) is 0 Å². The lowest BCUT2D eigenvalue weighted by Gasteiger charge is -2.22. The summed E-state index contributed by atoms with van der Waals surface area (Å²) < 4.78 is 0. The largest absolute Gasteiger partial charge is 0.294 e. The highest BCUT2D eigenvalue weighted by Crippen LogP contribution is 2.32. The van der Waals surface area contributed by atoms with Crippen LogP contribution in [0.25, 0.3) is 5.57 Å². The first-order valence-corrected chi connectivity index (χ1v) is 6.13. The lowest BCUT2D eigenvalue weighted by atomic mass is 9.84. The van der Waals surface area contributed by atoms with Crippen LogP contribution < -0.4 is 0 Å². The average Bonchev–Trinajstić information content (AvgIpc) is 2.27. The van der Waals surface area contributed by atoms with E-state index in [1.54, 1.807) is 0 Å². The Morgan fingerprint density at radius 1 is 1.18 bits per heavy atom. The molecule has 0 bridgehead atoms. The van der Waals surface area contributed by atoms with Gasteiger partial charge in [0, 0.05) is 12.6 Å². The predicted molar refractivity (Wildman–Crippen MR) is 70.0 cm³/mol. The van der Waals surface area contributed by atoms with Crippen molar-refractivity contribution in [1.29, 1.82) is 0 Å². The monoisotopic (exact) mass is 229 g/mol. The molecule has 0 atom stereocenters. The van der Waals surface area contributed by atoms with Gasteiger partial charge in [-0.25, -0.2) is 0 Å². The maximum absolute atomic E-state index is 11.9. The molecule has 0 radical (unpaired) electrons. The van der Waals surface area contributed by atoms with E-state index < -0.39 is 0 Å². The van der Waals surface area contributed by atoms with Crippen molar-refractivity contribution in [2.45, 2.75) is 47.0 Å². The summed E-state index contributed by atoms with van der Waals surface area (Å²) in [5.41, 5.74) is 6.54. The van der Waals surface area contributed by atoms with Crippen molar-refractivity contribution in [1.82, 2.24) is 4.98 Å². The summed E-state index contributed by atoms with van der Waals surface area (Å²) in [5, 5.41) is 0. The number of aromatic nitrogens is 1. The second-order valence-corrected chi connectivity index (χ2v) is 5.17. The minimum absolute atomic E-state index is 0.237. The molecule has 1 aliphatic carbocycles. The third kappa shape index (κ3) is 1.82. The number of hydrogen-bond acceptors (Lipinski definition) is 2. The Kier molecular flexibility index (Phi) is 2.90. The van der Waals surface area contributed by atoms with E-state index in [9.17, 15) is 4.79 Å². The van der Waals surface area contributed by atoms with Gasteiger partial charge in [-0.05, 0) is 54.5 Å². The first kappa shape index (κ1) is 12.0. The first-order valence-electron chi connectivity index (χ1n) is 6.13. The van der Waals surface area contributed by atoms with E-state index in [0.717, 1.165) is 22.4 Å². The Balaban J connectivity index is 2.68. The molecular weight excluding hydrogens is 210 g/mol. The molecule has 1 heterocycles. The van der Waals surface area contributed by atoms with Crippen molar-refractivity contribution < 1.29 is 4.79 Å². The molecule has 0 fully saturated rings. The van der Waals surface area contributed by atoms with Gasteiger partial charge in [-0.1, -0.05) is 13.8 Å². The van der Waals surface area contributed by atoms with E-state index in [0.29, 0.717) is 12.3 Å². The van der Waals surface area contributed by atoms with Crippen LogP contribution in [0.2, 0.25) is 0 Å². The Morgan fingerprint density at radius 3 is 2.41 bits per heavy atom. The van der Waals surface area contributed by atoms with Crippen LogP contribution in [0, 0.1) is 6.92 Å². The second kappa shape index (κ2) is 4.10. The number of carbonyl (C=O) groups is 1. The minimum Gasteiger partial charge on any atom is -0.294 e. The van der Waals surface area contributed by atoms with Crippen LogP contribution in [0.5, 0.6) is 0 Å². The van der Waals surface area contributed by atoms with Gasteiger partial charge < -0.3 is 0 Å². The molecule has 0 saturated heterocycles. The molecule has 0 unspecified atom stereocenters.